The standard InChI is InChI=1S/C12H10Cl2N2O2S/c1-8-10(13)3-2-4-11(8)19(17,18)16-9-5-6-12(14)15-7-9/h2-7,16H,1H3. The molecule has 0 aliphatic heterocycles. The van der Waals surface area contributed by atoms with Gasteiger partial charge in [-0.15, -0.1) is 0 Å². The highest BCUT2D eigenvalue weighted by molar-refractivity contribution is 7.92. The summed E-state index contributed by atoms with van der Waals surface area (Å²) in [5.74, 6) is 0. The lowest BCUT2D eigenvalue weighted by Crippen LogP contribution is -2.14. The van der Waals surface area contributed by atoms with Gasteiger partial charge in [0.15, 0.2) is 0 Å². The fourth-order valence-electron chi connectivity index (χ4n) is 1.53. The quantitative estimate of drug-likeness (QED) is 0.882. The Balaban J connectivity index is 2.38. The molecule has 0 amide bonds. The second-order valence-corrected chi connectivity index (χ2v) is 6.28. The number of pyridine rings is 1. The molecule has 0 radical (unpaired) electrons. The average molecular weight is 317 g/mol. The molecule has 1 aromatic carbocycles. The van der Waals surface area contributed by atoms with E-state index < -0.39 is 10.0 Å². The van der Waals surface area contributed by atoms with Gasteiger partial charge < -0.3 is 0 Å². The summed E-state index contributed by atoms with van der Waals surface area (Å²) in [6.45, 7) is 1.65. The van der Waals surface area contributed by atoms with E-state index in [4.69, 9.17) is 23.2 Å². The highest BCUT2D eigenvalue weighted by Crippen LogP contribution is 2.24. The molecule has 0 aliphatic rings. The third kappa shape index (κ3) is 3.18. The Labute approximate surface area is 121 Å². The first-order chi connectivity index (χ1) is 8.90. The highest BCUT2D eigenvalue weighted by Gasteiger charge is 2.18. The van der Waals surface area contributed by atoms with Gasteiger partial charge in [0.25, 0.3) is 10.0 Å². The molecule has 0 fully saturated rings. The Kier molecular flexibility index (Phi) is 3.99. The van der Waals surface area contributed by atoms with Crippen molar-refractivity contribution in [1.82, 2.24) is 4.98 Å². The van der Waals surface area contributed by atoms with Crippen LogP contribution in [0.15, 0.2) is 41.4 Å². The van der Waals surface area contributed by atoms with E-state index in [0.29, 0.717) is 21.4 Å². The van der Waals surface area contributed by atoms with Crippen molar-refractivity contribution in [2.45, 2.75) is 11.8 Å². The maximum atomic E-state index is 12.2. The smallest absolute Gasteiger partial charge is 0.262 e. The van der Waals surface area contributed by atoms with Crippen LogP contribution in [0.3, 0.4) is 0 Å². The molecule has 4 nitrogen and oxygen atoms in total. The van der Waals surface area contributed by atoms with Crippen molar-refractivity contribution in [3.63, 3.8) is 0 Å². The molecule has 0 saturated carbocycles. The van der Waals surface area contributed by atoms with Crippen molar-refractivity contribution in [1.29, 1.82) is 0 Å². The minimum atomic E-state index is -3.70. The normalized spacial score (nSPS) is 11.3. The molecule has 1 heterocycles. The van der Waals surface area contributed by atoms with Gasteiger partial charge in [-0.1, -0.05) is 29.3 Å². The Morgan fingerprint density at radius 1 is 1.16 bits per heavy atom. The third-order valence-electron chi connectivity index (χ3n) is 2.49. The molecule has 0 saturated heterocycles. The number of hydrogen-bond acceptors (Lipinski definition) is 3. The first-order valence-electron chi connectivity index (χ1n) is 5.29. The number of sulfonamides is 1. The van der Waals surface area contributed by atoms with Crippen LogP contribution >= 0.6 is 23.2 Å². The molecule has 100 valence electrons. The number of benzene rings is 1. The zero-order valence-electron chi connectivity index (χ0n) is 9.89. The van der Waals surface area contributed by atoms with Crippen LogP contribution in [-0.2, 0) is 10.0 Å². The van der Waals surface area contributed by atoms with E-state index in [0.717, 1.165) is 0 Å². The number of hydrogen-bond donors (Lipinski definition) is 1. The molecular formula is C12H10Cl2N2O2S. The van der Waals surface area contributed by atoms with Gasteiger partial charge >= 0.3 is 0 Å². The Morgan fingerprint density at radius 2 is 1.89 bits per heavy atom. The number of anilines is 1. The topological polar surface area (TPSA) is 59.1 Å². The summed E-state index contributed by atoms with van der Waals surface area (Å²) >= 11 is 11.6. The summed E-state index contributed by atoms with van der Waals surface area (Å²) < 4.78 is 26.9. The fraction of sp³-hybridized carbons (Fsp3) is 0.0833. The average Bonchev–Trinajstić information content (AvgIpc) is 2.35. The number of nitrogens with zero attached hydrogens (tertiary/aromatic N) is 1. The molecule has 1 aromatic heterocycles. The van der Waals surface area contributed by atoms with E-state index in [1.165, 1.54) is 24.4 Å². The van der Waals surface area contributed by atoms with Gasteiger partial charge in [-0.05, 0) is 36.8 Å². The Morgan fingerprint density at radius 3 is 2.53 bits per heavy atom. The summed E-state index contributed by atoms with van der Waals surface area (Å²) in [5, 5.41) is 0.694. The van der Waals surface area contributed by atoms with Gasteiger partial charge in [-0.25, -0.2) is 13.4 Å². The van der Waals surface area contributed by atoms with Crippen molar-refractivity contribution in [3.05, 3.63) is 52.3 Å². The molecule has 0 bridgehead atoms. The van der Waals surface area contributed by atoms with Crippen molar-refractivity contribution < 1.29 is 8.42 Å². The number of halogens is 2. The monoisotopic (exact) mass is 316 g/mol. The fourth-order valence-corrected chi connectivity index (χ4v) is 3.18. The third-order valence-corrected chi connectivity index (χ3v) is 4.65. The Hall–Kier alpha value is -1.30. The molecule has 0 atom stereocenters. The molecule has 1 N–H and O–H groups in total. The summed E-state index contributed by atoms with van der Waals surface area (Å²) in [6.07, 6.45) is 1.35. The molecule has 7 heteroatoms. The van der Waals surface area contributed by atoms with Crippen molar-refractivity contribution >= 4 is 38.9 Å². The molecule has 19 heavy (non-hydrogen) atoms. The lowest BCUT2D eigenvalue weighted by molar-refractivity contribution is 0.600. The largest absolute Gasteiger partial charge is 0.278 e. The number of nitrogens with one attached hydrogen (secondary N) is 1. The molecule has 2 rings (SSSR count). The summed E-state index contributed by atoms with van der Waals surface area (Å²) in [6, 6.07) is 7.76. The zero-order valence-corrected chi connectivity index (χ0v) is 12.2. The van der Waals surface area contributed by atoms with E-state index >= 15 is 0 Å². The van der Waals surface area contributed by atoms with Gasteiger partial charge in [0.2, 0.25) is 0 Å². The van der Waals surface area contributed by atoms with Crippen LogP contribution in [0.4, 0.5) is 5.69 Å². The predicted octanol–water partition coefficient (Wildman–Crippen LogP) is 3.50. The van der Waals surface area contributed by atoms with E-state index in [-0.39, 0.29) is 4.90 Å². The van der Waals surface area contributed by atoms with Crippen LogP contribution in [-0.4, -0.2) is 13.4 Å². The minimum absolute atomic E-state index is 0.134. The van der Waals surface area contributed by atoms with E-state index in [1.807, 2.05) is 0 Å². The summed E-state index contributed by atoms with van der Waals surface area (Å²) in [7, 11) is -3.70. The lowest BCUT2D eigenvalue weighted by atomic mass is 10.2. The van der Waals surface area contributed by atoms with Gasteiger partial charge in [-0.3, -0.25) is 4.72 Å². The van der Waals surface area contributed by atoms with Crippen LogP contribution in [0.2, 0.25) is 10.2 Å². The van der Waals surface area contributed by atoms with Gasteiger partial charge in [0.05, 0.1) is 16.8 Å². The second-order valence-electron chi connectivity index (χ2n) is 3.84. The first kappa shape index (κ1) is 14.1. The van der Waals surface area contributed by atoms with E-state index in [9.17, 15) is 8.42 Å². The minimum Gasteiger partial charge on any atom is -0.278 e. The predicted molar refractivity (Wildman–Crippen MR) is 76.2 cm³/mol. The van der Waals surface area contributed by atoms with Crippen LogP contribution in [0.1, 0.15) is 5.56 Å². The molecule has 2 aromatic rings. The maximum absolute atomic E-state index is 12.2. The van der Waals surface area contributed by atoms with Crippen LogP contribution in [0, 0.1) is 6.92 Å². The van der Waals surface area contributed by atoms with Crippen LogP contribution < -0.4 is 4.72 Å². The highest BCUT2D eigenvalue weighted by atomic mass is 35.5. The Bertz CT molecular complexity index is 700. The van der Waals surface area contributed by atoms with Gasteiger partial charge in [0, 0.05) is 5.02 Å². The zero-order chi connectivity index (χ0) is 14.0. The van der Waals surface area contributed by atoms with E-state index in [1.54, 1.807) is 19.1 Å². The van der Waals surface area contributed by atoms with Gasteiger partial charge in [0.1, 0.15) is 5.15 Å². The van der Waals surface area contributed by atoms with Crippen molar-refractivity contribution in [3.8, 4) is 0 Å². The molecule has 0 aliphatic carbocycles. The summed E-state index contributed by atoms with van der Waals surface area (Å²) in [4.78, 5) is 3.94. The van der Waals surface area contributed by atoms with Gasteiger partial charge in [-0.2, -0.15) is 0 Å². The van der Waals surface area contributed by atoms with Crippen LogP contribution in [0.25, 0.3) is 0 Å². The SMILES string of the molecule is Cc1c(Cl)cccc1S(=O)(=O)Nc1ccc(Cl)nc1. The van der Waals surface area contributed by atoms with Crippen molar-refractivity contribution in [2.75, 3.05) is 4.72 Å². The number of aromatic nitrogens is 1. The lowest BCUT2D eigenvalue weighted by Gasteiger charge is -2.10. The first-order valence-corrected chi connectivity index (χ1v) is 7.53. The molecule has 0 spiro atoms. The van der Waals surface area contributed by atoms with Crippen LogP contribution in [0.5, 0.6) is 0 Å². The van der Waals surface area contributed by atoms with E-state index in [2.05, 4.69) is 9.71 Å². The summed E-state index contributed by atoms with van der Waals surface area (Å²) in [5.41, 5.74) is 0.836. The molecular weight excluding hydrogens is 307 g/mol. The molecule has 0 unspecified atom stereocenters. The maximum Gasteiger partial charge on any atom is 0.262 e. The van der Waals surface area contributed by atoms with Crippen molar-refractivity contribution in [2.24, 2.45) is 0 Å². The number of rotatable bonds is 3. The second kappa shape index (κ2) is 5.36.